The first-order chi connectivity index (χ1) is 14.4. The van der Waals surface area contributed by atoms with E-state index in [1.54, 1.807) is 0 Å². The summed E-state index contributed by atoms with van der Waals surface area (Å²) in [4.78, 5) is 23.0. The molecule has 0 fully saturated rings. The van der Waals surface area contributed by atoms with Crippen LogP contribution in [0.5, 0.6) is 0 Å². The van der Waals surface area contributed by atoms with Crippen LogP contribution in [0.2, 0.25) is 5.02 Å². The third-order valence-electron chi connectivity index (χ3n) is 5.03. The number of aryl methyl sites for hydroxylation is 1. The van der Waals surface area contributed by atoms with E-state index < -0.39 is 11.9 Å². The Labute approximate surface area is 180 Å². The summed E-state index contributed by atoms with van der Waals surface area (Å²) in [7, 11) is 0. The number of hydrogen-bond acceptors (Lipinski definition) is 2. The molecule has 3 aromatic carbocycles. The number of carboxylic acids is 2. The Hall–Kier alpha value is -3.37. The summed E-state index contributed by atoms with van der Waals surface area (Å²) in [5.41, 5.74) is 4.14. The molecule has 30 heavy (non-hydrogen) atoms. The molecular weight excluding hydrogens is 400 g/mol. The zero-order valence-corrected chi connectivity index (χ0v) is 17.0. The number of carboxylic acid groups (broad SMARTS) is 2. The normalized spacial score (nSPS) is 10.6. The first kappa shape index (κ1) is 21.3. The minimum Gasteiger partial charge on any atom is -0.478 e. The van der Waals surface area contributed by atoms with E-state index in [4.69, 9.17) is 11.6 Å². The minimum atomic E-state index is -1.13. The predicted octanol–water partition coefficient (Wildman–Crippen LogP) is 5.97. The lowest BCUT2D eigenvalue weighted by Crippen LogP contribution is -2.10. The van der Waals surface area contributed by atoms with Crippen molar-refractivity contribution in [3.63, 3.8) is 0 Å². The van der Waals surface area contributed by atoms with Crippen LogP contribution in [0.1, 0.15) is 49.4 Å². The first-order valence-corrected chi connectivity index (χ1v) is 9.88. The lowest BCUT2D eigenvalue weighted by atomic mass is 9.94. The summed E-state index contributed by atoms with van der Waals surface area (Å²) in [6.45, 7) is 4.15. The molecule has 0 aliphatic heterocycles. The molecule has 2 N–H and O–H groups in total. The van der Waals surface area contributed by atoms with Gasteiger partial charge in [0.1, 0.15) is 0 Å². The number of carbonyl (C=O) groups is 2. The fourth-order valence-corrected chi connectivity index (χ4v) is 3.73. The number of aromatic carboxylic acids is 2. The van der Waals surface area contributed by atoms with Crippen LogP contribution in [0.15, 0.2) is 73.3 Å². The van der Waals surface area contributed by atoms with Crippen molar-refractivity contribution in [2.45, 2.75) is 19.3 Å². The van der Waals surface area contributed by atoms with Crippen molar-refractivity contribution < 1.29 is 19.8 Å². The van der Waals surface area contributed by atoms with Gasteiger partial charge in [0.05, 0.1) is 11.1 Å². The molecule has 0 spiro atoms. The largest absolute Gasteiger partial charge is 0.478 e. The van der Waals surface area contributed by atoms with Crippen LogP contribution in [-0.2, 0) is 12.8 Å². The summed E-state index contributed by atoms with van der Waals surface area (Å²) in [6, 6.07) is 19.9. The molecule has 0 amide bonds. The van der Waals surface area contributed by atoms with Gasteiger partial charge in [-0.2, -0.15) is 0 Å². The lowest BCUT2D eigenvalue weighted by molar-refractivity contribution is 0.0695. The van der Waals surface area contributed by atoms with Crippen molar-refractivity contribution in [3.8, 4) is 0 Å². The predicted molar refractivity (Wildman–Crippen MR) is 118 cm³/mol. The van der Waals surface area contributed by atoms with Gasteiger partial charge >= 0.3 is 11.9 Å². The average Bonchev–Trinajstić information content (AvgIpc) is 2.74. The standard InChI is InChI=1S/C25H21ClO4/c1-16(17-7-3-2-4-8-17)19-14-13-18(23(26)15-19)9-5-10-20-21(24(27)28)11-6-12-22(20)25(29)30/h2-4,6-8,11-15H,1,5,9-10H2,(H,27,28)(H,29,30). The number of halogens is 1. The summed E-state index contributed by atoms with van der Waals surface area (Å²) < 4.78 is 0. The molecule has 5 heteroatoms. The van der Waals surface area contributed by atoms with Gasteiger partial charge in [0, 0.05) is 5.02 Å². The molecule has 4 nitrogen and oxygen atoms in total. The van der Waals surface area contributed by atoms with Crippen LogP contribution in [0.4, 0.5) is 0 Å². The Kier molecular flexibility index (Phi) is 6.70. The molecule has 0 heterocycles. The number of hydrogen-bond donors (Lipinski definition) is 2. The minimum absolute atomic E-state index is 0.0236. The molecule has 0 aromatic heterocycles. The SMILES string of the molecule is C=C(c1ccccc1)c1ccc(CCCc2c(C(=O)O)cccc2C(=O)O)c(Cl)c1. The fraction of sp³-hybridized carbons (Fsp3) is 0.120. The first-order valence-electron chi connectivity index (χ1n) is 9.50. The molecule has 0 unspecified atom stereocenters. The highest BCUT2D eigenvalue weighted by Crippen LogP contribution is 2.27. The van der Waals surface area contributed by atoms with Crippen molar-refractivity contribution in [2.75, 3.05) is 0 Å². The fourth-order valence-electron chi connectivity index (χ4n) is 3.46. The monoisotopic (exact) mass is 420 g/mol. The Morgan fingerprint density at radius 1 is 0.800 bits per heavy atom. The Morgan fingerprint density at radius 2 is 1.43 bits per heavy atom. The summed E-state index contributed by atoms with van der Waals surface area (Å²) in [5.74, 6) is -2.26. The molecule has 0 bridgehead atoms. The molecule has 0 atom stereocenters. The van der Waals surface area contributed by atoms with Crippen LogP contribution < -0.4 is 0 Å². The van der Waals surface area contributed by atoms with Crippen LogP contribution >= 0.6 is 11.6 Å². The maximum atomic E-state index is 11.5. The van der Waals surface area contributed by atoms with Crippen molar-refractivity contribution >= 4 is 29.1 Å². The third-order valence-corrected chi connectivity index (χ3v) is 5.39. The van der Waals surface area contributed by atoms with Gasteiger partial charge in [0.15, 0.2) is 0 Å². The maximum absolute atomic E-state index is 11.5. The van der Waals surface area contributed by atoms with Gasteiger partial charge in [0.2, 0.25) is 0 Å². The van der Waals surface area contributed by atoms with Gasteiger partial charge in [-0.3, -0.25) is 0 Å². The lowest BCUT2D eigenvalue weighted by Gasteiger charge is -2.12. The van der Waals surface area contributed by atoms with Gasteiger partial charge in [-0.05, 0) is 65.3 Å². The van der Waals surface area contributed by atoms with Gasteiger partial charge in [0.25, 0.3) is 0 Å². The molecule has 3 aromatic rings. The zero-order valence-electron chi connectivity index (χ0n) is 16.3. The molecule has 0 saturated heterocycles. The molecule has 152 valence electrons. The second kappa shape index (κ2) is 9.42. The average molecular weight is 421 g/mol. The van der Waals surface area contributed by atoms with E-state index in [0.717, 1.165) is 22.3 Å². The summed E-state index contributed by atoms with van der Waals surface area (Å²) >= 11 is 6.48. The van der Waals surface area contributed by atoms with Crippen LogP contribution in [0.3, 0.4) is 0 Å². The second-order valence-corrected chi connectivity index (χ2v) is 7.35. The van der Waals surface area contributed by atoms with Crippen molar-refractivity contribution in [2.24, 2.45) is 0 Å². The van der Waals surface area contributed by atoms with E-state index in [9.17, 15) is 19.8 Å². The highest BCUT2D eigenvalue weighted by molar-refractivity contribution is 6.31. The van der Waals surface area contributed by atoms with Crippen LogP contribution in [0, 0.1) is 0 Å². The van der Waals surface area contributed by atoms with Crippen LogP contribution in [-0.4, -0.2) is 22.2 Å². The Morgan fingerprint density at radius 3 is 2.00 bits per heavy atom. The molecular formula is C25H21ClO4. The van der Waals surface area contributed by atoms with E-state index in [1.807, 2.05) is 48.5 Å². The van der Waals surface area contributed by atoms with Crippen LogP contribution in [0.25, 0.3) is 5.57 Å². The van der Waals surface area contributed by atoms with Gasteiger partial charge in [-0.1, -0.05) is 66.7 Å². The molecule has 0 aliphatic carbocycles. The smallest absolute Gasteiger partial charge is 0.335 e. The van der Waals surface area contributed by atoms with Crippen molar-refractivity contribution in [3.05, 3.63) is 112 Å². The third kappa shape index (κ3) is 4.78. The van der Waals surface area contributed by atoms with Gasteiger partial charge in [-0.25, -0.2) is 9.59 Å². The number of rotatable bonds is 8. The Balaban J connectivity index is 1.74. The van der Waals surface area contributed by atoms with Crippen molar-refractivity contribution in [1.29, 1.82) is 0 Å². The topological polar surface area (TPSA) is 74.6 Å². The summed E-state index contributed by atoms with van der Waals surface area (Å²) in [6.07, 6.45) is 1.51. The Bertz CT molecular complexity index is 1070. The zero-order chi connectivity index (χ0) is 21.7. The molecule has 3 rings (SSSR count). The van der Waals surface area contributed by atoms with Gasteiger partial charge < -0.3 is 10.2 Å². The van der Waals surface area contributed by atoms with E-state index in [1.165, 1.54) is 18.2 Å². The van der Waals surface area contributed by atoms with E-state index in [2.05, 4.69) is 6.58 Å². The maximum Gasteiger partial charge on any atom is 0.335 e. The highest BCUT2D eigenvalue weighted by Gasteiger charge is 2.18. The highest BCUT2D eigenvalue weighted by atomic mass is 35.5. The molecule has 0 saturated carbocycles. The quantitative estimate of drug-likeness (QED) is 0.470. The summed E-state index contributed by atoms with van der Waals surface area (Å²) in [5, 5.41) is 19.4. The van der Waals surface area contributed by atoms with E-state index >= 15 is 0 Å². The van der Waals surface area contributed by atoms with Crippen molar-refractivity contribution in [1.82, 2.24) is 0 Å². The molecule has 0 aliphatic rings. The number of benzene rings is 3. The second-order valence-electron chi connectivity index (χ2n) is 6.95. The van der Waals surface area contributed by atoms with Gasteiger partial charge in [-0.15, -0.1) is 0 Å². The van der Waals surface area contributed by atoms with E-state index in [0.29, 0.717) is 29.8 Å². The molecule has 0 radical (unpaired) electrons. The van der Waals surface area contributed by atoms with E-state index in [-0.39, 0.29) is 11.1 Å².